The number of anilines is 2. The van der Waals surface area contributed by atoms with Gasteiger partial charge in [-0.25, -0.2) is 14.5 Å². The van der Waals surface area contributed by atoms with Crippen LogP contribution >= 0.6 is 0 Å². The van der Waals surface area contributed by atoms with Gasteiger partial charge in [-0.2, -0.15) is 0 Å². The quantitative estimate of drug-likeness (QED) is 0.351. The summed E-state index contributed by atoms with van der Waals surface area (Å²) in [6.45, 7) is 3.72. The maximum absolute atomic E-state index is 12.7. The van der Waals surface area contributed by atoms with Crippen molar-refractivity contribution in [3.05, 3.63) is 18.2 Å². The lowest BCUT2D eigenvalue weighted by Gasteiger charge is -2.25. The smallest absolute Gasteiger partial charge is 0.409 e. The maximum atomic E-state index is 12.7. The molecule has 4 N–H and O–H groups in total. The van der Waals surface area contributed by atoms with E-state index in [4.69, 9.17) is 5.11 Å². The average molecular weight is 440 g/mol. The van der Waals surface area contributed by atoms with Gasteiger partial charge in [0.25, 0.3) is 0 Å². The number of amides is 4. The number of alkyl carbamates (subject to hydrolysis) is 1. The van der Waals surface area contributed by atoms with E-state index < -0.39 is 41.1 Å². The summed E-state index contributed by atoms with van der Waals surface area (Å²) in [6, 6.07) is 4.48. The van der Waals surface area contributed by atoms with Crippen LogP contribution in [0.25, 0.3) is 0 Å². The third-order valence-corrected chi connectivity index (χ3v) is 6.23. The molecule has 1 aliphatic rings. The molecule has 0 radical (unpaired) electrons. The summed E-state index contributed by atoms with van der Waals surface area (Å²) in [5.74, 6) is -0.864. The van der Waals surface area contributed by atoms with Gasteiger partial charge in [-0.05, 0) is 24.6 Å². The zero-order valence-electron chi connectivity index (χ0n) is 16.8. The fourth-order valence-corrected chi connectivity index (χ4v) is 3.93. The highest BCUT2D eigenvalue weighted by atomic mass is 32.2. The summed E-state index contributed by atoms with van der Waals surface area (Å²) in [6.07, 6.45) is -2.94. The normalized spacial score (nSPS) is 16.6. The summed E-state index contributed by atoms with van der Waals surface area (Å²) in [5.41, 5.74) is 0.305. The molecular formula is C18H24N4O7S. The molecule has 3 unspecified atom stereocenters. The molecule has 0 spiro atoms. The predicted octanol–water partition coefficient (Wildman–Crippen LogP) is 1.57. The third kappa shape index (κ3) is 5.47. The van der Waals surface area contributed by atoms with Gasteiger partial charge in [0.1, 0.15) is 0 Å². The van der Waals surface area contributed by atoms with Crippen molar-refractivity contribution in [3.8, 4) is 0 Å². The number of rotatable bonds is 8. The second-order valence-corrected chi connectivity index (χ2v) is 8.35. The fourth-order valence-electron chi connectivity index (χ4n) is 2.74. The first-order chi connectivity index (χ1) is 14.2. The highest BCUT2D eigenvalue weighted by Gasteiger charge is 2.33. The number of ether oxygens (including phenoxy) is 1. The Labute approximate surface area is 175 Å². The average Bonchev–Trinajstić information content (AvgIpc) is 3.04. The minimum Gasteiger partial charge on any atom is -0.465 e. The van der Waals surface area contributed by atoms with Gasteiger partial charge >= 0.3 is 12.2 Å². The van der Waals surface area contributed by atoms with Crippen molar-refractivity contribution in [1.82, 2.24) is 10.6 Å². The Kier molecular flexibility index (Phi) is 7.75. The molecule has 2 rings (SSSR count). The number of benzene rings is 1. The zero-order chi connectivity index (χ0) is 22.4. The molecule has 164 valence electrons. The van der Waals surface area contributed by atoms with E-state index in [-0.39, 0.29) is 29.5 Å². The van der Waals surface area contributed by atoms with Gasteiger partial charge in [-0.3, -0.25) is 24.4 Å². The zero-order valence-corrected chi connectivity index (χ0v) is 17.6. The third-order valence-electron chi connectivity index (χ3n) is 4.45. The molecule has 0 aliphatic carbocycles. The minimum atomic E-state index is -1.44. The van der Waals surface area contributed by atoms with Crippen LogP contribution in [0.15, 0.2) is 23.1 Å². The predicted molar refractivity (Wildman–Crippen MR) is 108 cm³/mol. The molecule has 30 heavy (non-hydrogen) atoms. The van der Waals surface area contributed by atoms with Crippen LogP contribution in [0.3, 0.4) is 0 Å². The molecule has 1 saturated heterocycles. The van der Waals surface area contributed by atoms with E-state index >= 15 is 0 Å². The van der Waals surface area contributed by atoms with Crippen molar-refractivity contribution in [2.45, 2.75) is 49.5 Å². The fraction of sp³-hybridized carbons (Fsp3) is 0.444. The molecule has 11 nitrogen and oxygen atoms in total. The Balaban J connectivity index is 2.47. The number of carboxylic acid groups (broad SMARTS) is 1. The topological polar surface area (TPSA) is 154 Å². The number of nitrogens with one attached hydrogen (secondary N) is 3. The van der Waals surface area contributed by atoms with E-state index in [0.29, 0.717) is 11.3 Å². The van der Waals surface area contributed by atoms with Gasteiger partial charge in [0.2, 0.25) is 11.8 Å². The van der Waals surface area contributed by atoms with E-state index in [1.807, 2.05) is 19.2 Å². The molecule has 1 heterocycles. The van der Waals surface area contributed by atoms with Crippen molar-refractivity contribution in [1.29, 1.82) is 0 Å². The SMILES string of the molecule is CCC(C)S(=O)c1ccc(NC(NC(=O)O)NC(=O)OC)c(N2C(=O)CCC2=O)c1. The summed E-state index contributed by atoms with van der Waals surface area (Å²) < 4.78 is 17.2. The lowest BCUT2D eigenvalue weighted by Crippen LogP contribution is -2.52. The van der Waals surface area contributed by atoms with E-state index in [1.54, 1.807) is 6.07 Å². The monoisotopic (exact) mass is 440 g/mol. The summed E-state index contributed by atoms with van der Waals surface area (Å²) in [5, 5.41) is 15.9. The Bertz CT molecular complexity index is 860. The largest absolute Gasteiger partial charge is 0.465 e. The van der Waals surface area contributed by atoms with Crippen molar-refractivity contribution < 1.29 is 33.2 Å². The number of carbonyl (C=O) groups is 4. The lowest BCUT2D eigenvalue weighted by atomic mass is 10.2. The number of nitrogens with zero attached hydrogens (tertiary/aromatic N) is 1. The van der Waals surface area contributed by atoms with Gasteiger partial charge in [-0.1, -0.05) is 13.8 Å². The number of imide groups is 1. The van der Waals surface area contributed by atoms with Crippen molar-refractivity contribution >= 4 is 46.2 Å². The van der Waals surface area contributed by atoms with E-state index in [0.717, 1.165) is 12.0 Å². The van der Waals surface area contributed by atoms with Crippen LogP contribution in [0.5, 0.6) is 0 Å². The van der Waals surface area contributed by atoms with E-state index in [1.165, 1.54) is 12.1 Å². The molecule has 1 aromatic rings. The number of hydrogen-bond donors (Lipinski definition) is 4. The van der Waals surface area contributed by atoms with Gasteiger partial charge in [0, 0.05) is 23.0 Å². The maximum Gasteiger partial charge on any atom is 0.409 e. The van der Waals surface area contributed by atoms with Crippen LogP contribution in [-0.2, 0) is 25.1 Å². The molecular weight excluding hydrogens is 416 g/mol. The van der Waals surface area contributed by atoms with Crippen LogP contribution in [0.4, 0.5) is 21.0 Å². The first kappa shape index (κ1) is 23.1. The van der Waals surface area contributed by atoms with E-state index in [2.05, 4.69) is 15.4 Å². The lowest BCUT2D eigenvalue weighted by molar-refractivity contribution is -0.121. The highest BCUT2D eigenvalue weighted by molar-refractivity contribution is 7.85. The van der Waals surface area contributed by atoms with Crippen molar-refractivity contribution in [3.63, 3.8) is 0 Å². The van der Waals surface area contributed by atoms with Gasteiger partial charge in [-0.15, -0.1) is 0 Å². The molecule has 1 fully saturated rings. The second-order valence-electron chi connectivity index (χ2n) is 6.48. The molecule has 12 heteroatoms. The van der Waals surface area contributed by atoms with E-state index in [9.17, 15) is 23.4 Å². The highest BCUT2D eigenvalue weighted by Crippen LogP contribution is 2.33. The molecule has 4 amide bonds. The van der Waals surface area contributed by atoms with Crippen LogP contribution in [-0.4, -0.2) is 52.0 Å². The van der Waals surface area contributed by atoms with Gasteiger partial charge in [0.05, 0.1) is 29.3 Å². The summed E-state index contributed by atoms with van der Waals surface area (Å²) in [4.78, 5) is 48.6. The number of carbonyl (C=O) groups excluding carboxylic acids is 3. The summed E-state index contributed by atoms with van der Waals surface area (Å²) >= 11 is 0. The van der Waals surface area contributed by atoms with Gasteiger partial charge in [0.15, 0.2) is 6.29 Å². The van der Waals surface area contributed by atoms with Gasteiger partial charge < -0.3 is 15.2 Å². The Morgan fingerprint density at radius 1 is 1.23 bits per heavy atom. The molecule has 3 atom stereocenters. The first-order valence-corrected chi connectivity index (χ1v) is 10.4. The van der Waals surface area contributed by atoms with Crippen LogP contribution in [0.2, 0.25) is 0 Å². The van der Waals surface area contributed by atoms with Crippen LogP contribution in [0.1, 0.15) is 33.1 Å². The summed E-state index contributed by atoms with van der Waals surface area (Å²) in [7, 11) is -0.268. The molecule has 1 aliphatic heterocycles. The van der Waals surface area contributed by atoms with Crippen LogP contribution < -0.4 is 20.9 Å². The number of methoxy groups -OCH3 is 1. The number of hydrogen-bond acceptors (Lipinski definition) is 7. The van der Waals surface area contributed by atoms with Crippen molar-refractivity contribution in [2.75, 3.05) is 17.3 Å². The first-order valence-electron chi connectivity index (χ1n) is 9.18. The Morgan fingerprint density at radius 2 is 1.87 bits per heavy atom. The molecule has 1 aromatic carbocycles. The van der Waals surface area contributed by atoms with Crippen molar-refractivity contribution in [2.24, 2.45) is 0 Å². The minimum absolute atomic E-state index is 0.0359. The Hall–Kier alpha value is -3.15. The second kappa shape index (κ2) is 10.1. The molecule has 0 aromatic heterocycles. The molecule has 0 saturated carbocycles. The standard InChI is InChI=1S/C18H24N4O7S/c1-4-10(2)30(28)11-5-6-12(13(9-11)22-14(23)7-8-15(22)24)19-16(20-17(25)26)21-18(27)29-3/h5-6,9-10,16,19-20H,4,7-8H2,1-3H3,(H,21,27)(H,25,26). The van der Waals surface area contributed by atoms with Crippen LogP contribution in [0, 0.1) is 0 Å². The molecule has 0 bridgehead atoms. The Morgan fingerprint density at radius 3 is 2.40 bits per heavy atom.